The maximum absolute atomic E-state index is 13.3. The van der Waals surface area contributed by atoms with Crippen LogP contribution in [0, 0.1) is 0 Å². The van der Waals surface area contributed by atoms with Gasteiger partial charge in [-0.2, -0.15) is 4.31 Å². The number of anilines is 1. The molecule has 9 heteroatoms. The van der Waals surface area contributed by atoms with E-state index in [0.29, 0.717) is 30.4 Å². The van der Waals surface area contributed by atoms with Crippen LogP contribution < -0.4 is 19.5 Å². The van der Waals surface area contributed by atoms with Crippen LogP contribution in [0.5, 0.6) is 17.2 Å². The Bertz CT molecular complexity index is 1260. The third-order valence-electron chi connectivity index (χ3n) is 5.16. The van der Waals surface area contributed by atoms with Crippen molar-refractivity contribution in [2.75, 3.05) is 32.7 Å². The number of carbonyl (C=O) groups is 1. The highest BCUT2D eigenvalue weighted by Gasteiger charge is 2.26. The predicted molar refractivity (Wildman–Crippen MR) is 123 cm³/mol. The molecule has 0 radical (unpaired) electrons. The average molecular weight is 469 g/mol. The summed E-state index contributed by atoms with van der Waals surface area (Å²) in [6, 6.07) is 18.6. The molecule has 1 aliphatic heterocycles. The standard InChI is InChI=1S/C24H24N2O6S/c1-26(16-17-6-4-3-5-7-17)33(28,29)23-14-18(8-10-21(23)30-2)24(27)25-19-9-11-20-22(15-19)32-13-12-31-20/h3-11,14-15H,12-13,16H2,1-2H3,(H,25,27). The Hall–Kier alpha value is -3.56. The molecule has 1 heterocycles. The van der Waals surface area contributed by atoms with E-state index in [1.54, 1.807) is 18.2 Å². The van der Waals surface area contributed by atoms with Crippen molar-refractivity contribution in [3.63, 3.8) is 0 Å². The molecule has 0 bridgehead atoms. The second kappa shape index (κ2) is 9.51. The molecule has 0 fully saturated rings. The van der Waals surface area contributed by atoms with Gasteiger partial charge in [-0.05, 0) is 35.9 Å². The zero-order valence-electron chi connectivity index (χ0n) is 18.3. The van der Waals surface area contributed by atoms with E-state index in [4.69, 9.17) is 14.2 Å². The Morgan fingerprint density at radius 3 is 2.45 bits per heavy atom. The van der Waals surface area contributed by atoms with Crippen LogP contribution in [0.1, 0.15) is 15.9 Å². The molecule has 1 aliphatic rings. The van der Waals surface area contributed by atoms with Crippen molar-refractivity contribution in [2.45, 2.75) is 11.4 Å². The molecule has 0 saturated heterocycles. The molecule has 8 nitrogen and oxygen atoms in total. The van der Waals surface area contributed by atoms with E-state index in [2.05, 4.69) is 5.32 Å². The topological polar surface area (TPSA) is 94.2 Å². The van der Waals surface area contributed by atoms with Crippen molar-refractivity contribution in [3.8, 4) is 17.2 Å². The van der Waals surface area contributed by atoms with Gasteiger partial charge in [0.05, 0.1) is 7.11 Å². The minimum Gasteiger partial charge on any atom is -0.495 e. The van der Waals surface area contributed by atoms with Gasteiger partial charge >= 0.3 is 0 Å². The molecule has 0 saturated carbocycles. The Morgan fingerprint density at radius 2 is 1.73 bits per heavy atom. The number of amides is 1. The van der Waals surface area contributed by atoms with Crippen LogP contribution in [0.2, 0.25) is 0 Å². The number of carbonyl (C=O) groups excluding carboxylic acids is 1. The first-order chi connectivity index (χ1) is 15.9. The van der Waals surface area contributed by atoms with E-state index in [-0.39, 0.29) is 22.8 Å². The molecule has 3 aromatic rings. The molecule has 0 unspecified atom stereocenters. The van der Waals surface area contributed by atoms with Gasteiger partial charge in [-0.25, -0.2) is 8.42 Å². The van der Waals surface area contributed by atoms with Gasteiger partial charge in [-0.3, -0.25) is 4.79 Å². The van der Waals surface area contributed by atoms with Crippen LogP contribution in [0.25, 0.3) is 0 Å². The minimum atomic E-state index is -3.93. The lowest BCUT2D eigenvalue weighted by molar-refractivity contribution is 0.102. The third kappa shape index (κ3) is 4.94. The number of nitrogens with one attached hydrogen (secondary N) is 1. The monoisotopic (exact) mass is 468 g/mol. The van der Waals surface area contributed by atoms with Gasteiger partial charge < -0.3 is 19.5 Å². The molecular weight excluding hydrogens is 444 g/mol. The first-order valence-electron chi connectivity index (χ1n) is 10.3. The SMILES string of the molecule is COc1ccc(C(=O)Nc2ccc3c(c2)OCCO3)cc1S(=O)(=O)N(C)Cc1ccccc1. The van der Waals surface area contributed by atoms with Crippen molar-refractivity contribution >= 4 is 21.6 Å². The Morgan fingerprint density at radius 1 is 1.00 bits per heavy atom. The van der Waals surface area contributed by atoms with E-state index < -0.39 is 15.9 Å². The first kappa shape index (κ1) is 22.6. The van der Waals surface area contributed by atoms with Crippen molar-refractivity contribution in [1.29, 1.82) is 0 Å². The van der Waals surface area contributed by atoms with Crippen LogP contribution in [0.15, 0.2) is 71.6 Å². The lowest BCUT2D eigenvalue weighted by Gasteiger charge is -2.20. The van der Waals surface area contributed by atoms with Crippen LogP contribution in [0.4, 0.5) is 5.69 Å². The average Bonchev–Trinajstić information content (AvgIpc) is 2.84. The summed E-state index contributed by atoms with van der Waals surface area (Å²) in [4.78, 5) is 12.8. The van der Waals surface area contributed by atoms with Crippen LogP contribution in [-0.4, -0.2) is 46.0 Å². The van der Waals surface area contributed by atoms with Crippen LogP contribution in [-0.2, 0) is 16.6 Å². The van der Waals surface area contributed by atoms with Crippen molar-refractivity contribution in [2.24, 2.45) is 0 Å². The predicted octanol–water partition coefficient (Wildman–Crippen LogP) is 3.54. The molecule has 4 rings (SSSR count). The molecule has 0 spiro atoms. The lowest BCUT2D eigenvalue weighted by Crippen LogP contribution is -2.27. The third-order valence-corrected chi connectivity index (χ3v) is 6.99. The molecule has 0 aliphatic carbocycles. The maximum Gasteiger partial charge on any atom is 0.255 e. The van der Waals surface area contributed by atoms with Crippen molar-refractivity contribution in [3.05, 3.63) is 77.9 Å². The van der Waals surface area contributed by atoms with Crippen LogP contribution >= 0.6 is 0 Å². The highest BCUT2D eigenvalue weighted by atomic mass is 32.2. The number of benzene rings is 3. The Labute approximate surface area is 192 Å². The molecule has 1 N–H and O–H groups in total. The number of methoxy groups -OCH3 is 1. The van der Waals surface area contributed by atoms with Gasteiger partial charge in [0.1, 0.15) is 23.9 Å². The van der Waals surface area contributed by atoms with E-state index in [1.807, 2.05) is 30.3 Å². The number of hydrogen-bond acceptors (Lipinski definition) is 6. The summed E-state index contributed by atoms with van der Waals surface area (Å²) in [7, 11) is -1.05. The fourth-order valence-electron chi connectivity index (χ4n) is 3.44. The summed E-state index contributed by atoms with van der Waals surface area (Å²) in [6.07, 6.45) is 0. The van der Waals surface area contributed by atoms with Gasteiger partial charge in [0.2, 0.25) is 10.0 Å². The highest BCUT2D eigenvalue weighted by Crippen LogP contribution is 2.33. The summed E-state index contributed by atoms with van der Waals surface area (Å²) in [5, 5.41) is 2.77. The zero-order valence-corrected chi connectivity index (χ0v) is 19.1. The quantitative estimate of drug-likeness (QED) is 0.570. The van der Waals surface area contributed by atoms with E-state index >= 15 is 0 Å². The van der Waals surface area contributed by atoms with E-state index in [1.165, 1.54) is 36.7 Å². The number of nitrogens with zero attached hydrogens (tertiary/aromatic N) is 1. The largest absolute Gasteiger partial charge is 0.495 e. The highest BCUT2D eigenvalue weighted by molar-refractivity contribution is 7.89. The zero-order chi connectivity index (χ0) is 23.4. The minimum absolute atomic E-state index is 0.0849. The number of hydrogen-bond donors (Lipinski definition) is 1. The fourth-order valence-corrected chi connectivity index (χ4v) is 4.77. The van der Waals surface area contributed by atoms with Gasteiger partial charge in [0.15, 0.2) is 11.5 Å². The maximum atomic E-state index is 13.3. The number of rotatable bonds is 7. The smallest absolute Gasteiger partial charge is 0.255 e. The molecule has 0 atom stereocenters. The summed E-state index contributed by atoms with van der Waals surface area (Å²) >= 11 is 0. The fraction of sp³-hybridized carbons (Fsp3) is 0.208. The first-order valence-corrected chi connectivity index (χ1v) is 11.7. The Balaban J connectivity index is 1.58. The summed E-state index contributed by atoms with van der Waals surface area (Å²) in [5.41, 5.74) is 1.53. The summed E-state index contributed by atoms with van der Waals surface area (Å²) < 4.78 is 44.1. The van der Waals surface area contributed by atoms with E-state index in [0.717, 1.165) is 5.56 Å². The van der Waals surface area contributed by atoms with Gasteiger partial charge in [-0.1, -0.05) is 30.3 Å². The normalized spacial score (nSPS) is 12.9. The summed E-state index contributed by atoms with van der Waals surface area (Å²) in [6.45, 7) is 1.08. The molecule has 3 aromatic carbocycles. The second-order valence-electron chi connectivity index (χ2n) is 7.42. The molecule has 172 valence electrons. The molecule has 1 amide bonds. The second-order valence-corrected chi connectivity index (χ2v) is 9.44. The number of ether oxygens (including phenoxy) is 3. The molecule has 33 heavy (non-hydrogen) atoms. The lowest BCUT2D eigenvalue weighted by atomic mass is 10.2. The van der Waals surface area contributed by atoms with Crippen molar-refractivity contribution < 1.29 is 27.4 Å². The number of sulfonamides is 1. The Kier molecular flexibility index (Phi) is 6.52. The summed E-state index contributed by atoms with van der Waals surface area (Å²) in [5.74, 6) is 0.848. The van der Waals surface area contributed by atoms with Gasteiger partial charge in [0.25, 0.3) is 5.91 Å². The molecular formula is C24H24N2O6S. The molecule has 0 aromatic heterocycles. The number of fused-ring (bicyclic) bond motifs is 1. The van der Waals surface area contributed by atoms with Gasteiger partial charge in [0, 0.05) is 30.9 Å². The van der Waals surface area contributed by atoms with Crippen LogP contribution in [0.3, 0.4) is 0 Å². The van der Waals surface area contributed by atoms with E-state index in [9.17, 15) is 13.2 Å². The van der Waals surface area contributed by atoms with Crippen molar-refractivity contribution in [1.82, 2.24) is 4.31 Å². The van der Waals surface area contributed by atoms with Gasteiger partial charge in [-0.15, -0.1) is 0 Å².